The molecule has 0 atom stereocenters. The van der Waals surface area contributed by atoms with E-state index >= 15 is 0 Å². The second kappa shape index (κ2) is 12.5. The van der Waals surface area contributed by atoms with Gasteiger partial charge in [-0.3, -0.25) is 0 Å². The van der Waals surface area contributed by atoms with Gasteiger partial charge in [0.15, 0.2) is 0 Å². The van der Waals surface area contributed by atoms with Crippen LogP contribution in [0.5, 0.6) is 0 Å². The molecule has 4 heterocycles. The fourth-order valence-electron chi connectivity index (χ4n) is 4.22. The maximum absolute atomic E-state index is 13.5. The summed E-state index contributed by atoms with van der Waals surface area (Å²) in [5.74, 6) is 6.00. The van der Waals surface area contributed by atoms with Gasteiger partial charge in [0, 0.05) is 33.1 Å². The number of fused-ring (bicyclic) bond motifs is 3. The molecule has 6 aromatic rings. The first-order chi connectivity index (χ1) is 19.0. The number of furan rings is 1. The Kier molecular flexibility index (Phi) is 8.89. The molecular weight excluding hydrogens is 738 g/mol. The van der Waals surface area contributed by atoms with Gasteiger partial charge in [-0.25, -0.2) is 9.37 Å². The summed E-state index contributed by atoms with van der Waals surface area (Å²) in [5.41, 5.74) is 5.21. The van der Waals surface area contributed by atoms with Gasteiger partial charge in [0.05, 0.1) is 11.8 Å². The molecule has 0 aliphatic heterocycles. The van der Waals surface area contributed by atoms with Crippen molar-refractivity contribution in [1.82, 2.24) is 15.0 Å². The first-order valence-electron chi connectivity index (χ1n) is 13.3. The van der Waals surface area contributed by atoms with Crippen molar-refractivity contribution in [3.8, 4) is 22.5 Å². The van der Waals surface area contributed by atoms with Gasteiger partial charge in [-0.1, -0.05) is 36.4 Å². The van der Waals surface area contributed by atoms with E-state index in [9.17, 15) is 4.39 Å². The second-order valence-corrected chi connectivity index (χ2v) is 21.2. The molecule has 0 N–H and O–H groups in total. The van der Waals surface area contributed by atoms with Crippen molar-refractivity contribution in [3.05, 3.63) is 109 Å². The van der Waals surface area contributed by atoms with Gasteiger partial charge in [-0.15, -0.1) is 18.2 Å². The molecule has 4 aromatic heterocycles. The number of benzene rings is 2. The molecular formula is C33H30FGeIrN3O-2. The normalized spacial score (nSPS) is 11.9. The molecule has 205 valence electrons. The average Bonchev–Trinajstić information content (AvgIpc) is 3.31. The van der Waals surface area contributed by atoms with Gasteiger partial charge >= 0.3 is 99.8 Å². The fourth-order valence-corrected chi connectivity index (χ4v) is 6.39. The Hall–Kier alpha value is -3.19. The predicted molar refractivity (Wildman–Crippen MR) is 159 cm³/mol. The summed E-state index contributed by atoms with van der Waals surface area (Å²) >= 11 is -1.72. The first-order valence-corrected chi connectivity index (χ1v) is 20.1. The molecule has 6 rings (SSSR count). The molecule has 0 saturated heterocycles. The van der Waals surface area contributed by atoms with Crippen molar-refractivity contribution in [1.29, 1.82) is 0 Å². The largest absolute Gasteiger partial charge is 0 e. The van der Waals surface area contributed by atoms with Crippen LogP contribution in [0, 0.1) is 17.9 Å². The minimum atomic E-state index is -1.72. The number of hydrogen-bond donors (Lipinski definition) is 0. The van der Waals surface area contributed by atoms with Gasteiger partial charge in [-0.2, -0.15) is 0 Å². The Labute approximate surface area is 252 Å². The summed E-state index contributed by atoms with van der Waals surface area (Å²) in [6.45, 7) is 3.65. The Balaban J connectivity index is 0.000000200. The summed E-state index contributed by atoms with van der Waals surface area (Å²) in [5, 5.41) is 1.39. The number of rotatable bonds is 4. The summed E-state index contributed by atoms with van der Waals surface area (Å²) in [4.78, 5) is 12.9. The molecule has 2 aromatic carbocycles. The smallest absolute Gasteiger partial charge is 0 e. The summed E-state index contributed by atoms with van der Waals surface area (Å²) in [7, 11) is 0. The van der Waals surface area contributed by atoms with Gasteiger partial charge in [-0.05, 0) is 23.7 Å². The van der Waals surface area contributed by atoms with Gasteiger partial charge in [0.2, 0.25) is 5.71 Å². The van der Waals surface area contributed by atoms with Crippen LogP contribution in [0.2, 0.25) is 17.3 Å². The summed E-state index contributed by atoms with van der Waals surface area (Å²) in [6, 6.07) is 27.3. The van der Waals surface area contributed by atoms with Crippen LogP contribution in [0.25, 0.3) is 44.6 Å². The average molecular weight is 769 g/mol. The van der Waals surface area contributed by atoms with E-state index in [2.05, 4.69) is 56.5 Å². The molecule has 0 fully saturated rings. The van der Waals surface area contributed by atoms with E-state index < -0.39 is 25.0 Å². The molecule has 4 nitrogen and oxygen atoms in total. The number of halogens is 1. The zero-order valence-electron chi connectivity index (χ0n) is 24.0. The number of aromatic nitrogens is 3. The first kappa shape index (κ1) is 28.3. The Morgan fingerprint density at radius 1 is 0.875 bits per heavy atom. The van der Waals surface area contributed by atoms with Crippen LogP contribution in [0.15, 0.2) is 89.7 Å². The van der Waals surface area contributed by atoms with E-state index in [-0.39, 0.29) is 20.1 Å². The van der Waals surface area contributed by atoms with Crippen molar-refractivity contribution in [2.45, 2.75) is 37.0 Å². The van der Waals surface area contributed by atoms with E-state index in [1.165, 1.54) is 10.5 Å². The quantitative estimate of drug-likeness (QED) is 0.134. The molecule has 0 spiro atoms. The molecule has 0 saturated carbocycles. The number of nitrogens with zero attached hydrogens (tertiary/aromatic N) is 3. The minimum absolute atomic E-state index is 0. The van der Waals surface area contributed by atoms with Crippen LogP contribution in [0.3, 0.4) is 0 Å². The molecule has 0 aliphatic carbocycles. The van der Waals surface area contributed by atoms with Crippen LogP contribution in [0.4, 0.5) is 4.39 Å². The van der Waals surface area contributed by atoms with Crippen LogP contribution in [-0.2, 0) is 20.1 Å². The van der Waals surface area contributed by atoms with Crippen molar-refractivity contribution >= 4 is 39.7 Å². The van der Waals surface area contributed by atoms with Crippen molar-refractivity contribution < 1.29 is 30.3 Å². The zero-order chi connectivity index (χ0) is 28.5. The van der Waals surface area contributed by atoms with Crippen LogP contribution in [0.1, 0.15) is 26.7 Å². The van der Waals surface area contributed by atoms with Crippen molar-refractivity contribution in [2.75, 3.05) is 0 Å². The fraction of sp³-hybridized carbons (Fsp3) is 0.182. The monoisotopic (exact) mass is 771 g/mol. The SMILES string of the molecule is [2H]C(C)(C)c1ccnc(-c2[c-]ccc3c2oc2ncc(F)cc23)c1.[CH3][Ge]([CH3])([CH3])[c]1ccc(-c2[c-]cccc2)nc1.[Ir]. The van der Waals surface area contributed by atoms with E-state index in [0.717, 1.165) is 28.4 Å². The van der Waals surface area contributed by atoms with E-state index in [0.29, 0.717) is 27.9 Å². The Morgan fingerprint density at radius 2 is 1.70 bits per heavy atom. The molecule has 7 heteroatoms. The van der Waals surface area contributed by atoms with Crippen molar-refractivity contribution in [3.63, 3.8) is 0 Å². The molecule has 40 heavy (non-hydrogen) atoms. The second-order valence-electron chi connectivity index (χ2n) is 10.6. The van der Waals surface area contributed by atoms with Gasteiger partial charge < -0.3 is 9.40 Å². The topological polar surface area (TPSA) is 51.8 Å². The maximum Gasteiger partial charge on any atom is 0 e. The van der Waals surface area contributed by atoms with Gasteiger partial charge in [0.1, 0.15) is 5.82 Å². The standard InChI is InChI=1S/C19H14FN2O.C14H16GeN.Ir/c1-11(2)12-6-7-21-17(8-12)15-5-3-4-14-16-9-13(20)10-22-19(16)23-18(14)15;1-15(2,3)13-9-10-14(16-11-13)12-7-5-4-6-8-12;/h3-4,6-11H,1-2H3;4-7,9-11H,1-3H3;/q2*-1;/i11D;;. The van der Waals surface area contributed by atoms with Gasteiger partial charge in [0.25, 0.3) is 0 Å². The Bertz CT molecular complexity index is 1780. The summed E-state index contributed by atoms with van der Waals surface area (Å²) in [6.07, 6.45) is 4.85. The Morgan fingerprint density at radius 3 is 2.38 bits per heavy atom. The minimum Gasteiger partial charge on any atom is 0 e. The third-order valence-electron chi connectivity index (χ3n) is 6.46. The van der Waals surface area contributed by atoms with Crippen molar-refractivity contribution in [2.24, 2.45) is 0 Å². The van der Waals surface area contributed by atoms with E-state index in [4.69, 9.17) is 5.79 Å². The molecule has 0 amide bonds. The maximum atomic E-state index is 13.5. The molecule has 0 aliphatic rings. The van der Waals surface area contributed by atoms with Crippen LogP contribution in [-0.4, -0.2) is 28.2 Å². The summed E-state index contributed by atoms with van der Waals surface area (Å²) < 4.78 is 29.0. The third kappa shape index (κ3) is 6.57. The zero-order valence-corrected chi connectivity index (χ0v) is 27.5. The molecule has 1 radical (unpaired) electrons. The number of pyridine rings is 3. The van der Waals surface area contributed by atoms with E-state index in [1.807, 2.05) is 62.5 Å². The predicted octanol–water partition coefficient (Wildman–Crippen LogP) is 8.20. The van der Waals surface area contributed by atoms with E-state index in [1.54, 1.807) is 12.3 Å². The number of hydrogen-bond acceptors (Lipinski definition) is 4. The van der Waals surface area contributed by atoms with Crippen LogP contribution < -0.4 is 4.40 Å². The molecule has 0 bridgehead atoms. The molecule has 0 unspecified atom stereocenters. The third-order valence-corrected chi connectivity index (χ3v) is 10.7. The van der Waals surface area contributed by atoms with Crippen LogP contribution >= 0.6 is 0 Å².